The highest BCUT2D eigenvalue weighted by atomic mass is 32.2. The number of sulfonamides is 1. The minimum Gasteiger partial charge on any atom is -0.384 e. The Balaban J connectivity index is 2.22. The molecule has 0 aromatic carbocycles. The molecule has 1 aromatic heterocycles. The molecule has 1 fully saturated rings. The largest absolute Gasteiger partial charge is 0.384 e. The second-order valence-electron chi connectivity index (χ2n) is 4.59. The molecule has 0 radical (unpaired) electrons. The molecule has 0 spiro atoms. The maximum Gasteiger partial charge on any atom is 0.242 e. The summed E-state index contributed by atoms with van der Waals surface area (Å²) in [5.74, 6) is 4.76. The predicted octanol–water partition coefficient (Wildman–Crippen LogP) is -1.07. The maximum absolute atomic E-state index is 12.2. The first-order chi connectivity index (χ1) is 9.94. The quantitative estimate of drug-likeness (QED) is 0.693. The third kappa shape index (κ3) is 3.58. The third-order valence-corrected chi connectivity index (χ3v) is 4.50. The van der Waals surface area contributed by atoms with Gasteiger partial charge in [0.15, 0.2) is 0 Å². The number of pyridine rings is 1. The highest BCUT2D eigenvalue weighted by Crippen LogP contribution is 2.14. The van der Waals surface area contributed by atoms with Gasteiger partial charge < -0.3 is 10.0 Å². The van der Waals surface area contributed by atoms with Crippen LogP contribution in [-0.2, 0) is 14.8 Å². The van der Waals surface area contributed by atoms with E-state index in [1.54, 1.807) is 7.05 Å². The molecule has 1 aliphatic heterocycles. The monoisotopic (exact) mass is 309 g/mol. The second kappa shape index (κ2) is 6.22. The average molecular weight is 309 g/mol. The van der Waals surface area contributed by atoms with Crippen molar-refractivity contribution < 1.29 is 18.3 Å². The summed E-state index contributed by atoms with van der Waals surface area (Å²) in [7, 11) is -2.21. The molecule has 0 aliphatic carbocycles. The number of aromatic nitrogens is 1. The van der Waals surface area contributed by atoms with Gasteiger partial charge in [-0.25, -0.2) is 8.42 Å². The standard InChI is InChI=1S/C13H15N3O4S/c1-16-5-4-12(13(16)18)15-21(19,20)11-7-10(3-2-6-17)8-14-9-11/h7-9,12,15,17H,4-6H2,1H3. The van der Waals surface area contributed by atoms with Gasteiger partial charge in [-0.1, -0.05) is 11.8 Å². The zero-order valence-corrected chi connectivity index (χ0v) is 12.2. The molecule has 2 rings (SSSR count). The van der Waals surface area contributed by atoms with Crippen LogP contribution < -0.4 is 4.72 Å². The van der Waals surface area contributed by atoms with Gasteiger partial charge in [-0.2, -0.15) is 4.72 Å². The molecule has 2 heterocycles. The number of nitrogens with one attached hydrogen (secondary N) is 1. The van der Waals surface area contributed by atoms with Crippen molar-refractivity contribution in [3.05, 3.63) is 24.0 Å². The molecule has 0 bridgehead atoms. The van der Waals surface area contributed by atoms with Crippen LogP contribution >= 0.6 is 0 Å². The molecule has 1 amide bonds. The van der Waals surface area contributed by atoms with Gasteiger partial charge in [-0.3, -0.25) is 9.78 Å². The first kappa shape index (κ1) is 15.4. The molecular formula is C13H15N3O4S. The van der Waals surface area contributed by atoms with Gasteiger partial charge in [-0.15, -0.1) is 0 Å². The first-order valence-electron chi connectivity index (χ1n) is 6.26. The second-order valence-corrected chi connectivity index (χ2v) is 6.31. The van der Waals surface area contributed by atoms with Crippen molar-refractivity contribution in [1.82, 2.24) is 14.6 Å². The number of hydrogen-bond donors (Lipinski definition) is 2. The number of amides is 1. The summed E-state index contributed by atoms with van der Waals surface area (Å²) < 4.78 is 26.9. The Labute approximate surface area is 123 Å². The van der Waals surface area contributed by atoms with Gasteiger partial charge in [0.05, 0.1) is 0 Å². The van der Waals surface area contributed by atoms with Crippen molar-refractivity contribution in [2.24, 2.45) is 0 Å². The molecule has 2 N–H and O–H groups in total. The van der Waals surface area contributed by atoms with Crippen molar-refractivity contribution in [2.75, 3.05) is 20.2 Å². The van der Waals surface area contributed by atoms with Crippen LogP contribution in [0.5, 0.6) is 0 Å². The summed E-state index contributed by atoms with van der Waals surface area (Å²) in [4.78, 5) is 17.0. The van der Waals surface area contributed by atoms with Gasteiger partial charge in [0.1, 0.15) is 17.5 Å². The fourth-order valence-corrected chi connectivity index (χ4v) is 3.17. The van der Waals surface area contributed by atoms with E-state index in [4.69, 9.17) is 5.11 Å². The van der Waals surface area contributed by atoms with Crippen LogP contribution in [0.4, 0.5) is 0 Å². The molecule has 0 saturated carbocycles. The number of aliphatic hydroxyl groups excluding tert-OH is 1. The normalized spacial score (nSPS) is 18.5. The Morgan fingerprint density at radius 1 is 1.52 bits per heavy atom. The fraction of sp³-hybridized carbons (Fsp3) is 0.385. The Bertz CT molecular complexity index is 706. The van der Waals surface area contributed by atoms with Crippen molar-refractivity contribution in [3.63, 3.8) is 0 Å². The summed E-state index contributed by atoms with van der Waals surface area (Å²) in [5.41, 5.74) is 0.377. The first-order valence-corrected chi connectivity index (χ1v) is 7.74. The lowest BCUT2D eigenvalue weighted by Crippen LogP contribution is -2.40. The number of likely N-dealkylation sites (tertiary alicyclic amines) is 1. The van der Waals surface area contributed by atoms with E-state index in [9.17, 15) is 13.2 Å². The molecule has 1 unspecified atom stereocenters. The van der Waals surface area contributed by atoms with E-state index in [-0.39, 0.29) is 17.4 Å². The van der Waals surface area contributed by atoms with Gasteiger partial charge in [0.2, 0.25) is 15.9 Å². The Kier molecular flexibility index (Phi) is 4.57. The van der Waals surface area contributed by atoms with Gasteiger partial charge >= 0.3 is 0 Å². The van der Waals surface area contributed by atoms with Crippen LogP contribution in [0, 0.1) is 11.8 Å². The molecule has 21 heavy (non-hydrogen) atoms. The van der Waals surface area contributed by atoms with Crippen LogP contribution in [0.15, 0.2) is 23.4 Å². The van der Waals surface area contributed by atoms with Gasteiger partial charge in [0.25, 0.3) is 0 Å². The number of rotatable bonds is 3. The summed E-state index contributed by atoms with van der Waals surface area (Å²) >= 11 is 0. The highest BCUT2D eigenvalue weighted by molar-refractivity contribution is 7.89. The summed E-state index contributed by atoms with van der Waals surface area (Å²) in [6.07, 6.45) is 3.03. The average Bonchev–Trinajstić information content (AvgIpc) is 2.77. The van der Waals surface area contributed by atoms with E-state index in [0.29, 0.717) is 18.5 Å². The van der Waals surface area contributed by atoms with Gasteiger partial charge in [0, 0.05) is 31.5 Å². The Morgan fingerprint density at radius 3 is 2.90 bits per heavy atom. The van der Waals surface area contributed by atoms with E-state index >= 15 is 0 Å². The van der Waals surface area contributed by atoms with Crippen molar-refractivity contribution >= 4 is 15.9 Å². The minimum absolute atomic E-state index is 0.0606. The highest BCUT2D eigenvalue weighted by Gasteiger charge is 2.33. The van der Waals surface area contributed by atoms with Crippen molar-refractivity contribution in [3.8, 4) is 11.8 Å². The van der Waals surface area contributed by atoms with Crippen LogP contribution in [-0.4, -0.2) is 55.6 Å². The predicted molar refractivity (Wildman–Crippen MR) is 74.6 cm³/mol. The van der Waals surface area contributed by atoms with Crippen LogP contribution in [0.2, 0.25) is 0 Å². The third-order valence-electron chi connectivity index (χ3n) is 3.06. The lowest BCUT2D eigenvalue weighted by molar-refractivity contribution is -0.127. The number of nitrogens with zero attached hydrogens (tertiary/aromatic N) is 2. The minimum atomic E-state index is -3.84. The number of carbonyl (C=O) groups excluding carboxylic acids is 1. The topological polar surface area (TPSA) is 99.6 Å². The van der Waals surface area contributed by atoms with Crippen molar-refractivity contribution in [1.29, 1.82) is 0 Å². The van der Waals surface area contributed by atoms with E-state index < -0.39 is 16.1 Å². The fourth-order valence-electron chi connectivity index (χ4n) is 1.96. The van der Waals surface area contributed by atoms with Crippen LogP contribution in [0.3, 0.4) is 0 Å². The lowest BCUT2D eigenvalue weighted by Gasteiger charge is -2.12. The Hall–Kier alpha value is -1.95. The van der Waals surface area contributed by atoms with E-state index in [1.165, 1.54) is 23.4 Å². The molecule has 1 aromatic rings. The number of hydrogen-bond acceptors (Lipinski definition) is 5. The summed E-state index contributed by atoms with van der Waals surface area (Å²) in [6, 6.07) is 0.605. The van der Waals surface area contributed by atoms with Crippen molar-refractivity contribution in [2.45, 2.75) is 17.4 Å². The van der Waals surface area contributed by atoms with Crippen LogP contribution in [0.25, 0.3) is 0 Å². The maximum atomic E-state index is 12.2. The number of likely N-dealkylation sites (N-methyl/N-ethyl adjacent to an activating group) is 1. The summed E-state index contributed by atoms with van der Waals surface area (Å²) in [5, 5.41) is 8.63. The zero-order chi connectivity index (χ0) is 15.5. The summed E-state index contributed by atoms with van der Waals surface area (Å²) in [6.45, 7) is 0.199. The molecule has 7 nitrogen and oxygen atoms in total. The molecule has 1 aliphatic rings. The molecule has 1 saturated heterocycles. The van der Waals surface area contributed by atoms with E-state index in [0.717, 1.165) is 0 Å². The number of carbonyl (C=O) groups is 1. The lowest BCUT2D eigenvalue weighted by atomic mass is 10.3. The van der Waals surface area contributed by atoms with Gasteiger partial charge in [-0.05, 0) is 12.5 Å². The van der Waals surface area contributed by atoms with Crippen LogP contribution in [0.1, 0.15) is 12.0 Å². The number of aliphatic hydroxyl groups is 1. The zero-order valence-electron chi connectivity index (χ0n) is 11.4. The van der Waals surface area contributed by atoms with E-state index in [1.807, 2.05) is 0 Å². The molecule has 1 atom stereocenters. The smallest absolute Gasteiger partial charge is 0.242 e. The Morgan fingerprint density at radius 2 is 2.29 bits per heavy atom. The molecular weight excluding hydrogens is 294 g/mol. The molecule has 112 valence electrons. The molecule has 8 heteroatoms. The van der Waals surface area contributed by atoms with E-state index in [2.05, 4.69) is 21.5 Å². The SMILES string of the molecule is CN1CCC(NS(=O)(=O)c2cncc(C#CCO)c2)C1=O.